The molecule has 0 fully saturated rings. The van der Waals surface area contributed by atoms with Crippen molar-refractivity contribution < 1.29 is 27.9 Å². The molecule has 0 spiro atoms. The number of carboxylic acid groups (broad SMARTS) is 1. The summed E-state index contributed by atoms with van der Waals surface area (Å²) in [5.74, 6) is -2.45. The van der Waals surface area contributed by atoms with E-state index in [1.165, 1.54) is 25.6 Å². The van der Waals surface area contributed by atoms with Crippen LogP contribution in [0.5, 0.6) is 0 Å². The summed E-state index contributed by atoms with van der Waals surface area (Å²) in [6, 6.07) is -0.221. The Labute approximate surface area is 140 Å². The lowest BCUT2D eigenvalue weighted by molar-refractivity contribution is -0.155. The Morgan fingerprint density at radius 3 is 2.44 bits per heavy atom. The first-order chi connectivity index (χ1) is 11.5. The number of nitrogens with zero attached hydrogens (tertiary/aromatic N) is 3. The van der Waals surface area contributed by atoms with E-state index in [0.717, 1.165) is 18.3 Å². The molecular weight excluding hydrogens is 341 g/mol. The summed E-state index contributed by atoms with van der Waals surface area (Å²) in [6.07, 6.45) is -3.71. The number of amides is 1. The van der Waals surface area contributed by atoms with Gasteiger partial charge in [0.1, 0.15) is 5.69 Å². The summed E-state index contributed by atoms with van der Waals surface area (Å²) < 4.78 is 41.8. The largest absolute Gasteiger partial charge is 0.477 e. The van der Waals surface area contributed by atoms with E-state index in [4.69, 9.17) is 5.11 Å². The van der Waals surface area contributed by atoms with E-state index in [1.54, 1.807) is 0 Å². The summed E-state index contributed by atoms with van der Waals surface area (Å²) in [6.45, 7) is 2.89. The van der Waals surface area contributed by atoms with Crippen molar-refractivity contribution in [2.24, 2.45) is 7.05 Å². The van der Waals surface area contributed by atoms with E-state index in [1.807, 2.05) is 5.32 Å². The van der Waals surface area contributed by atoms with E-state index < -0.39 is 29.8 Å². The third-order valence-corrected chi connectivity index (χ3v) is 3.70. The molecule has 0 aliphatic heterocycles. The van der Waals surface area contributed by atoms with Crippen LogP contribution < -0.4 is 5.32 Å². The van der Waals surface area contributed by atoms with Crippen molar-refractivity contribution in [1.29, 1.82) is 0 Å². The van der Waals surface area contributed by atoms with Gasteiger partial charge in [0, 0.05) is 30.1 Å². The number of carbonyl (C=O) groups excluding carboxylic acids is 1. The predicted octanol–water partition coefficient (Wildman–Crippen LogP) is 2.16. The SMILES string of the molecule is Cc1nn(C)c(C)c1C(NC(=O)c1ccnc(C(=O)O)c1)C(F)(F)F. The van der Waals surface area contributed by atoms with Gasteiger partial charge in [0.25, 0.3) is 5.91 Å². The molecule has 2 N–H and O–H groups in total. The monoisotopic (exact) mass is 356 g/mol. The third kappa shape index (κ3) is 3.78. The fraction of sp³-hybridized carbons (Fsp3) is 0.333. The molecule has 2 aromatic heterocycles. The van der Waals surface area contributed by atoms with E-state index in [9.17, 15) is 22.8 Å². The van der Waals surface area contributed by atoms with Crippen molar-refractivity contribution in [3.05, 3.63) is 46.5 Å². The van der Waals surface area contributed by atoms with Gasteiger partial charge in [-0.05, 0) is 26.0 Å². The lowest BCUT2D eigenvalue weighted by Gasteiger charge is -2.22. The molecule has 134 valence electrons. The van der Waals surface area contributed by atoms with Crippen LogP contribution in [0, 0.1) is 13.8 Å². The Kier molecular flexibility index (Phi) is 4.82. The van der Waals surface area contributed by atoms with Crippen LogP contribution in [-0.2, 0) is 7.05 Å². The van der Waals surface area contributed by atoms with Gasteiger partial charge in [-0.1, -0.05) is 0 Å². The summed E-state index contributed by atoms with van der Waals surface area (Å²) >= 11 is 0. The molecule has 2 heterocycles. The predicted molar refractivity (Wildman–Crippen MR) is 80.1 cm³/mol. The minimum atomic E-state index is -4.75. The van der Waals surface area contributed by atoms with Crippen LogP contribution >= 0.6 is 0 Å². The highest BCUT2D eigenvalue weighted by molar-refractivity contribution is 5.96. The zero-order valence-corrected chi connectivity index (χ0v) is 13.5. The number of nitrogens with one attached hydrogen (secondary N) is 1. The Morgan fingerprint density at radius 1 is 1.32 bits per heavy atom. The van der Waals surface area contributed by atoms with E-state index in [0.29, 0.717) is 0 Å². The fourth-order valence-electron chi connectivity index (χ4n) is 2.43. The molecule has 2 rings (SSSR count). The third-order valence-electron chi connectivity index (χ3n) is 3.70. The molecule has 1 amide bonds. The molecule has 0 radical (unpaired) electrons. The molecule has 0 aliphatic rings. The van der Waals surface area contributed by atoms with Crippen molar-refractivity contribution in [2.45, 2.75) is 26.1 Å². The molecule has 0 aromatic carbocycles. The first-order valence-electron chi connectivity index (χ1n) is 7.09. The van der Waals surface area contributed by atoms with Crippen molar-refractivity contribution >= 4 is 11.9 Å². The van der Waals surface area contributed by atoms with Crippen LogP contribution in [0.15, 0.2) is 18.3 Å². The maximum atomic E-state index is 13.5. The van der Waals surface area contributed by atoms with Crippen LogP contribution in [-0.4, -0.2) is 37.9 Å². The summed E-state index contributed by atoms with van der Waals surface area (Å²) in [7, 11) is 1.50. The van der Waals surface area contributed by atoms with Crippen LogP contribution in [0.3, 0.4) is 0 Å². The first-order valence-corrected chi connectivity index (χ1v) is 7.09. The molecule has 0 saturated carbocycles. The Balaban J connectivity index is 2.40. The second-order valence-electron chi connectivity index (χ2n) is 5.39. The van der Waals surface area contributed by atoms with Gasteiger partial charge >= 0.3 is 12.1 Å². The molecule has 2 aromatic rings. The first kappa shape index (κ1) is 18.4. The van der Waals surface area contributed by atoms with Gasteiger partial charge in [0.05, 0.1) is 5.69 Å². The lowest BCUT2D eigenvalue weighted by Crippen LogP contribution is -2.38. The zero-order chi connectivity index (χ0) is 18.9. The van der Waals surface area contributed by atoms with Crippen LogP contribution in [0.2, 0.25) is 0 Å². The van der Waals surface area contributed by atoms with Crippen molar-refractivity contribution in [3.8, 4) is 0 Å². The minimum Gasteiger partial charge on any atom is -0.477 e. The number of hydrogen-bond acceptors (Lipinski definition) is 4. The molecule has 1 atom stereocenters. The molecule has 7 nitrogen and oxygen atoms in total. The number of aryl methyl sites for hydroxylation is 2. The number of carbonyl (C=O) groups is 2. The molecule has 10 heteroatoms. The highest BCUT2D eigenvalue weighted by Gasteiger charge is 2.44. The number of halogens is 3. The van der Waals surface area contributed by atoms with Crippen LogP contribution in [0.25, 0.3) is 0 Å². The highest BCUT2D eigenvalue weighted by atomic mass is 19.4. The molecule has 1 unspecified atom stereocenters. The number of aromatic nitrogens is 3. The van der Waals surface area contributed by atoms with Gasteiger partial charge in [-0.25, -0.2) is 9.78 Å². The fourth-order valence-corrected chi connectivity index (χ4v) is 2.43. The van der Waals surface area contributed by atoms with Gasteiger partial charge in [0.2, 0.25) is 0 Å². The number of hydrogen-bond donors (Lipinski definition) is 2. The molecular formula is C15H15F3N4O3. The quantitative estimate of drug-likeness (QED) is 0.875. The Bertz CT molecular complexity index is 830. The number of alkyl halides is 3. The summed E-state index contributed by atoms with van der Waals surface area (Å²) in [5.41, 5.74) is -0.411. The Hall–Kier alpha value is -2.91. The maximum absolute atomic E-state index is 13.5. The van der Waals surface area contributed by atoms with Gasteiger partial charge in [-0.3, -0.25) is 9.48 Å². The second kappa shape index (κ2) is 6.54. The number of pyridine rings is 1. The number of rotatable bonds is 4. The standard InChI is InChI=1S/C15H15F3N4O3/c1-7-11(8(2)22(3)21-7)12(15(16,17)18)20-13(23)9-4-5-19-10(6-9)14(24)25/h4-6,12H,1-3H3,(H,20,23)(H,24,25). The van der Waals surface area contributed by atoms with Gasteiger partial charge < -0.3 is 10.4 Å². The average molecular weight is 356 g/mol. The van der Waals surface area contributed by atoms with Crippen LogP contribution in [0.1, 0.15) is 43.8 Å². The lowest BCUT2D eigenvalue weighted by atomic mass is 10.0. The molecule has 0 bridgehead atoms. The zero-order valence-electron chi connectivity index (χ0n) is 13.5. The molecule has 25 heavy (non-hydrogen) atoms. The smallest absolute Gasteiger partial charge is 0.413 e. The van der Waals surface area contributed by atoms with Gasteiger partial charge in [-0.2, -0.15) is 18.3 Å². The maximum Gasteiger partial charge on any atom is 0.413 e. The summed E-state index contributed by atoms with van der Waals surface area (Å²) in [4.78, 5) is 26.6. The molecule has 0 saturated heterocycles. The highest BCUT2D eigenvalue weighted by Crippen LogP contribution is 2.36. The van der Waals surface area contributed by atoms with E-state index >= 15 is 0 Å². The normalized spacial score (nSPS) is 12.7. The molecule has 0 aliphatic carbocycles. The van der Waals surface area contributed by atoms with E-state index in [-0.39, 0.29) is 22.5 Å². The Morgan fingerprint density at radius 2 is 1.96 bits per heavy atom. The second-order valence-corrected chi connectivity index (χ2v) is 5.39. The topological polar surface area (TPSA) is 97.1 Å². The average Bonchev–Trinajstić information content (AvgIpc) is 2.76. The van der Waals surface area contributed by atoms with Gasteiger partial charge in [0.15, 0.2) is 6.04 Å². The van der Waals surface area contributed by atoms with Crippen molar-refractivity contribution in [1.82, 2.24) is 20.1 Å². The van der Waals surface area contributed by atoms with Crippen LogP contribution in [0.4, 0.5) is 13.2 Å². The van der Waals surface area contributed by atoms with Crippen molar-refractivity contribution in [3.63, 3.8) is 0 Å². The number of carboxylic acids is 1. The summed E-state index contributed by atoms with van der Waals surface area (Å²) in [5, 5.41) is 14.7. The van der Waals surface area contributed by atoms with Gasteiger partial charge in [-0.15, -0.1) is 0 Å². The number of aromatic carboxylic acids is 1. The minimum absolute atomic E-state index is 0.142. The van der Waals surface area contributed by atoms with Crippen molar-refractivity contribution in [2.75, 3.05) is 0 Å². The van der Waals surface area contributed by atoms with E-state index in [2.05, 4.69) is 10.1 Å².